The number of hydrogen-bond donors (Lipinski definition) is 2. The van der Waals surface area contributed by atoms with Gasteiger partial charge >= 0.3 is 0 Å². The molecule has 3 N–H and O–H groups in total. The van der Waals surface area contributed by atoms with E-state index in [1.165, 1.54) is 11.8 Å². The smallest absolute Gasteiger partial charge is 0.201 e. The first kappa shape index (κ1) is 13.7. The highest BCUT2D eigenvalue weighted by Gasteiger charge is 2.10. The molecule has 0 unspecified atom stereocenters. The lowest BCUT2D eigenvalue weighted by atomic mass is 10.5. The molecular weight excluding hydrogens is 290 g/mol. The van der Waals surface area contributed by atoms with Gasteiger partial charge in [-0.25, -0.2) is 15.8 Å². The van der Waals surface area contributed by atoms with E-state index in [1.54, 1.807) is 13.2 Å². The van der Waals surface area contributed by atoms with Gasteiger partial charge in [0.15, 0.2) is 11.5 Å². The fourth-order valence-corrected chi connectivity index (χ4v) is 2.62. The maximum Gasteiger partial charge on any atom is 0.201 e. The number of nitrogen functional groups attached to an aromatic ring is 1. The van der Waals surface area contributed by atoms with Gasteiger partial charge in [-0.3, -0.25) is 4.40 Å². The monoisotopic (exact) mass is 303 g/mol. The van der Waals surface area contributed by atoms with E-state index in [-0.39, 0.29) is 0 Å². The van der Waals surface area contributed by atoms with E-state index in [4.69, 9.17) is 10.6 Å². The Kier molecular flexibility index (Phi) is 3.95. The predicted molar refractivity (Wildman–Crippen MR) is 77.7 cm³/mol. The molecule has 0 atom stereocenters. The van der Waals surface area contributed by atoms with Gasteiger partial charge in [-0.2, -0.15) is 0 Å². The first-order chi connectivity index (χ1) is 10.3. The summed E-state index contributed by atoms with van der Waals surface area (Å²) in [5, 5.41) is 9.68. The van der Waals surface area contributed by atoms with E-state index in [1.807, 2.05) is 28.8 Å². The fourth-order valence-electron chi connectivity index (χ4n) is 1.78. The van der Waals surface area contributed by atoms with Gasteiger partial charge in [-0.05, 0) is 23.9 Å². The van der Waals surface area contributed by atoms with Crippen molar-refractivity contribution in [3.63, 3.8) is 0 Å². The first-order valence-corrected chi connectivity index (χ1v) is 6.93. The van der Waals surface area contributed by atoms with E-state index in [9.17, 15) is 0 Å². The van der Waals surface area contributed by atoms with E-state index in [0.29, 0.717) is 23.3 Å². The Bertz CT molecular complexity index is 760. The molecule has 3 aromatic heterocycles. The standard InChI is InChI=1S/C12H13N7OS/c1-20-7-9-14-8(16-13)6-11(15-9)21-12-18-17-10-4-2-3-5-19(10)12/h2-6H,7,13H2,1H3,(H,14,15,16). The number of nitrogens with two attached hydrogens (primary N) is 1. The second-order valence-corrected chi connectivity index (χ2v) is 5.09. The summed E-state index contributed by atoms with van der Waals surface area (Å²) >= 11 is 1.38. The number of nitrogens with one attached hydrogen (secondary N) is 1. The van der Waals surface area contributed by atoms with Crippen molar-refractivity contribution in [1.29, 1.82) is 0 Å². The Morgan fingerprint density at radius 2 is 2.24 bits per heavy atom. The summed E-state index contributed by atoms with van der Waals surface area (Å²) < 4.78 is 6.94. The third-order valence-electron chi connectivity index (χ3n) is 2.65. The zero-order valence-electron chi connectivity index (χ0n) is 11.2. The molecule has 3 aromatic rings. The van der Waals surface area contributed by atoms with Gasteiger partial charge in [0.05, 0.1) is 0 Å². The van der Waals surface area contributed by atoms with Crippen LogP contribution in [0.5, 0.6) is 0 Å². The van der Waals surface area contributed by atoms with Crippen molar-refractivity contribution in [2.75, 3.05) is 12.5 Å². The lowest BCUT2D eigenvalue weighted by molar-refractivity contribution is 0.177. The highest BCUT2D eigenvalue weighted by atomic mass is 32.2. The van der Waals surface area contributed by atoms with Crippen molar-refractivity contribution in [3.8, 4) is 0 Å². The van der Waals surface area contributed by atoms with Crippen molar-refractivity contribution in [3.05, 3.63) is 36.3 Å². The zero-order valence-corrected chi connectivity index (χ0v) is 12.0. The van der Waals surface area contributed by atoms with Gasteiger partial charge in [-0.15, -0.1) is 10.2 Å². The quantitative estimate of drug-likeness (QED) is 0.410. The van der Waals surface area contributed by atoms with Crippen LogP contribution in [0, 0.1) is 0 Å². The number of fused-ring (bicyclic) bond motifs is 1. The number of hydrazine groups is 1. The van der Waals surface area contributed by atoms with Crippen molar-refractivity contribution in [2.24, 2.45) is 5.84 Å². The minimum absolute atomic E-state index is 0.309. The van der Waals surface area contributed by atoms with Crippen LogP contribution in [0.3, 0.4) is 0 Å². The van der Waals surface area contributed by atoms with E-state index < -0.39 is 0 Å². The second kappa shape index (κ2) is 6.04. The minimum Gasteiger partial charge on any atom is -0.377 e. The number of methoxy groups -OCH3 is 1. The lowest BCUT2D eigenvalue weighted by Crippen LogP contribution is -2.11. The normalized spacial score (nSPS) is 11.0. The summed E-state index contributed by atoms with van der Waals surface area (Å²) in [4.78, 5) is 8.61. The molecule has 3 heterocycles. The van der Waals surface area contributed by atoms with Gasteiger partial charge < -0.3 is 10.2 Å². The molecule has 108 valence electrons. The van der Waals surface area contributed by atoms with Gasteiger partial charge in [-0.1, -0.05) is 6.07 Å². The molecule has 0 aromatic carbocycles. The number of anilines is 1. The summed E-state index contributed by atoms with van der Waals surface area (Å²) in [5.41, 5.74) is 3.30. The molecule has 0 fully saturated rings. The Balaban J connectivity index is 1.95. The molecule has 0 aliphatic heterocycles. The summed E-state index contributed by atoms with van der Waals surface area (Å²) in [6.45, 7) is 0.309. The molecular formula is C12H13N7OS. The molecule has 0 amide bonds. The number of pyridine rings is 1. The molecule has 21 heavy (non-hydrogen) atoms. The third kappa shape index (κ3) is 2.94. The second-order valence-electron chi connectivity index (χ2n) is 4.10. The molecule has 0 spiro atoms. The summed E-state index contributed by atoms with van der Waals surface area (Å²) in [6, 6.07) is 7.47. The van der Waals surface area contributed by atoms with Crippen LogP contribution in [-0.4, -0.2) is 31.7 Å². The Morgan fingerprint density at radius 3 is 3.05 bits per heavy atom. The summed E-state index contributed by atoms with van der Waals surface area (Å²) in [5.74, 6) is 6.49. The van der Waals surface area contributed by atoms with Crippen molar-refractivity contribution in [1.82, 2.24) is 24.6 Å². The Labute approximate surface area is 124 Å². The van der Waals surface area contributed by atoms with Crippen LogP contribution in [0.4, 0.5) is 5.82 Å². The number of nitrogens with zero attached hydrogens (tertiary/aromatic N) is 5. The van der Waals surface area contributed by atoms with Crippen LogP contribution in [0.1, 0.15) is 5.82 Å². The molecule has 0 saturated carbocycles. The molecule has 8 nitrogen and oxygen atoms in total. The van der Waals surface area contributed by atoms with Crippen LogP contribution in [0.15, 0.2) is 40.6 Å². The van der Waals surface area contributed by atoms with Gasteiger partial charge in [0.2, 0.25) is 5.16 Å². The largest absolute Gasteiger partial charge is 0.377 e. The Hall–Kier alpha value is -2.23. The van der Waals surface area contributed by atoms with E-state index in [0.717, 1.165) is 10.8 Å². The molecule has 3 rings (SSSR count). The average molecular weight is 303 g/mol. The Morgan fingerprint density at radius 1 is 1.33 bits per heavy atom. The summed E-state index contributed by atoms with van der Waals surface area (Å²) in [6.07, 6.45) is 1.90. The maximum absolute atomic E-state index is 5.42. The highest BCUT2D eigenvalue weighted by Crippen LogP contribution is 2.26. The van der Waals surface area contributed by atoms with E-state index in [2.05, 4.69) is 25.6 Å². The first-order valence-electron chi connectivity index (χ1n) is 6.11. The van der Waals surface area contributed by atoms with Crippen LogP contribution in [-0.2, 0) is 11.3 Å². The maximum atomic E-state index is 5.42. The van der Waals surface area contributed by atoms with Crippen LogP contribution in [0.2, 0.25) is 0 Å². The molecule has 0 radical (unpaired) electrons. The molecule has 0 saturated heterocycles. The van der Waals surface area contributed by atoms with Crippen LogP contribution < -0.4 is 11.3 Å². The molecule has 0 bridgehead atoms. The lowest BCUT2D eigenvalue weighted by Gasteiger charge is -2.06. The number of ether oxygens (including phenoxy) is 1. The molecule has 0 aliphatic rings. The predicted octanol–water partition coefficient (Wildman–Crippen LogP) is 1.10. The average Bonchev–Trinajstić information content (AvgIpc) is 2.91. The van der Waals surface area contributed by atoms with Crippen LogP contribution in [0.25, 0.3) is 5.65 Å². The van der Waals surface area contributed by atoms with Crippen molar-refractivity contribution in [2.45, 2.75) is 16.8 Å². The third-order valence-corrected chi connectivity index (χ3v) is 3.53. The topological polar surface area (TPSA) is 103 Å². The van der Waals surface area contributed by atoms with Crippen molar-refractivity contribution >= 4 is 23.2 Å². The zero-order chi connectivity index (χ0) is 14.7. The fraction of sp³-hybridized carbons (Fsp3) is 0.167. The SMILES string of the molecule is COCc1nc(NN)cc(Sc2nnc3ccccn23)n1. The van der Waals surface area contributed by atoms with Crippen LogP contribution >= 0.6 is 11.8 Å². The minimum atomic E-state index is 0.309. The van der Waals surface area contributed by atoms with Gasteiger partial charge in [0.1, 0.15) is 17.5 Å². The molecule has 9 heteroatoms. The molecule has 0 aliphatic carbocycles. The number of hydrogen-bond acceptors (Lipinski definition) is 8. The van der Waals surface area contributed by atoms with Gasteiger partial charge in [0, 0.05) is 19.4 Å². The highest BCUT2D eigenvalue weighted by molar-refractivity contribution is 7.99. The van der Waals surface area contributed by atoms with Crippen molar-refractivity contribution < 1.29 is 4.74 Å². The number of rotatable bonds is 5. The van der Waals surface area contributed by atoms with Gasteiger partial charge in [0.25, 0.3) is 0 Å². The number of aromatic nitrogens is 5. The summed E-state index contributed by atoms with van der Waals surface area (Å²) in [7, 11) is 1.59. The van der Waals surface area contributed by atoms with E-state index >= 15 is 0 Å².